The number of hydrogen-bond donors (Lipinski definition) is 1. The van der Waals surface area contributed by atoms with Crippen molar-refractivity contribution >= 4 is 27.5 Å². The molecule has 18 heavy (non-hydrogen) atoms. The van der Waals surface area contributed by atoms with Gasteiger partial charge in [0.05, 0.1) is 11.6 Å². The first-order valence-electron chi connectivity index (χ1n) is 6.76. The number of anilines is 1. The van der Waals surface area contributed by atoms with Crippen LogP contribution in [0.15, 0.2) is 22.7 Å². The maximum Gasteiger partial charge on any atom is 0.232 e. The Hall–Kier alpha value is -0.830. The Morgan fingerprint density at radius 1 is 1.22 bits per heavy atom. The van der Waals surface area contributed by atoms with Gasteiger partial charge in [0.15, 0.2) is 0 Å². The van der Waals surface area contributed by atoms with E-state index in [1.807, 2.05) is 12.1 Å². The summed E-state index contributed by atoms with van der Waals surface area (Å²) in [5.41, 5.74) is 2.18. The van der Waals surface area contributed by atoms with Gasteiger partial charge in [-0.25, -0.2) is 0 Å². The third-order valence-electron chi connectivity index (χ3n) is 4.44. The number of carbonyl (C=O) groups excluding carboxylic acids is 1. The van der Waals surface area contributed by atoms with Gasteiger partial charge in [0, 0.05) is 4.47 Å². The van der Waals surface area contributed by atoms with Crippen LogP contribution in [-0.2, 0) is 4.79 Å². The van der Waals surface area contributed by atoms with Crippen molar-refractivity contribution in [1.82, 2.24) is 0 Å². The lowest BCUT2D eigenvalue weighted by Gasteiger charge is -2.29. The van der Waals surface area contributed by atoms with Gasteiger partial charge in [-0.05, 0) is 52.2 Å². The average Bonchev–Trinajstić information content (AvgIpc) is 2.69. The van der Waals surface area contributed by atoms with Crippen LogP contribution in [0.1, 0.15) is 44.1 Å². The molecule has 0 radical (unpaired) electrons. The molecule has 1 fully saturated rings. The molecular weight excluding hydrogens is 290 g/mol. The van der Waals surface area contributed by atoms with E-state index in [4.69, 9.17) is 0 Å². The van der Waals surface area contributed by atoms with E-state index in [1.54, 1.807) is 0 Å². The lowest BCUT2D eigenvalue weighted by molar-refractivity contribution is -0.118. The second kappa shape index (κ2) is 4.69. The molecule has 2 aliphatic rings. The van der Waals surface area contributed by atoms with Crippen molar-refractivity contribution < 1.29 is 4.79 Å². The van der Waals surface area contributed by atoms with Crippen molar-refractivity contribution in [2.45, 2.75) is 38.5 Å². The van der Waals surface area contributed by atoms with Gasteiger partial charge in [-0.2, -0.15) is 0 Å². The molecule has 1 unspecified atom stereocenters. The Morgan fingerprint density at radius 2 is 1.94 bits per heavy atom. The number of carbonyl (C=O) groups is 1. The maximum absolute atomic E-state index is 12.2. The first-order valence-corrected chi connectivity index (χ1v) is 7.55. The fraction of sp³-hybridized carbons (Fsp3) is 0.533. The molecule has 1 aliphatic carbocycles. The van der Waals surface area contributed by atoms with E-state index in [0.717, 1.165) is 16.1 Å². The minimum Gasteiger partial charge on any atom is -0.324 e. The van der Waals surface area contributed by atoms with Gasteiger partial charge in [-0.15, -0.1) is 0 Å². The van der Waals surface area contributed by atoms with E-state index in [-0.39, 0.29) is 11.8 Å². The molecule has 3 heteroatoms. The topological polar surface area (TPSA) is 29.1 Å². The third kappa shape index (κ3) is 1.99. The molecule has 1 saturated carbocycles. The molecule has 2 nitrogen and oxygen atoms in total. The monoisotopic (exact) mass is 307 g/mol. The highest BCUT2D eigenvalue weighted by Gasteiger charge is 2.38. The molecule has 3 rings (SSSR count). The molecule has 1 aromatic carbocycles. The Kier molecular flexibility index (Phi) is 3.18. The Morgan fingerprint density at radius 3 is 2.67 bits per heavy atom. The lowest BCUT2D eigenvalue weighted by atomic mass is 9.74. The number of halogens is 1. The quantitative estimate of drug-likeness (QED) is 0.823. The summed E-state index contributed by atoms with van der Waals surface area (Å²) in [6.45, 7) is 2.31. The smallest absolute Gasteiger partial charge is 0.232 e. The summed E-state index contributed by atoms with van der Waals surface area (Å²) in [5.74, 6) is 1.62. The summed E-state index contributed by atoms with van der Waals surface area (Å²) in [4.78, 5) is 12.2. The van der Waals surface area contributed by atoms with Gasteiger partial charge >= 0.3 is 0 Å². The standard InChI is InChI=1S/C15H18BrNO/c1-9-5-7-10(8-6-9)13-11-3-2-4-12(16)14(11)17-15(13)18/h2-4,9-10,13H,5-8H2,1H3,(H,17,18). The van der Waals surface area contributed by atoms with Crippen molar-refractivity contribution in [1.29, 1.82) is 0 Å². The predicted molar refractivity (Wildman–Crippen MR) is 76.6 cm³/mol. The second-order valence-corrected chi connectivity index (χ2v) is 6.55. The molecule has 0 spiro atoms. The minimum atomic E-state index is 0.0741. The highest BCUT2D eigenvalue weighted by Crippen LogP contribution is 2.46. The molecule has 1 aliphatic heterocycles. The van der Waals surface area contributed by atoms with E-state index in [0.29, 0.717) is 5.92 Å². The van der Waals surface area contributed by atoms with Gasteiger partial charge in [-0.3, -0.25) is 4.79 Å². The lowest BCUT2D eigenvalue weighted by Crippen LogP contribution is -2.24. The maximum atomic E-state index is 12.2. The van der Waals surface area contributed by atoms with Crippen LogP contribution in [0.4, 0.5) is 5.69 Å². The summed E-state index contributed by atoms with van der Waals surface area (Å²) in [5, 5.41) is 3.04. The van der Waals surface area contributed by atoms with Gasteiger partial charge in [0.2, 0.25) is 5.91 Å². The molecule has 1 N–H and O–H groups in total. The van der Waals surface area contributed by atoms with Crippen molar-refractivity contribution in [3.05, 3.63) is 28.2 Å². The minimum absolute atomic E-state index is 0.0741. The van der Waals surface area contributed by atoms with Crippen LogP contribution < -0.4 is 5.32 Å². The predicted octanol–water partition coefficient (Wildman–Crippen LogP) is 4.31. The molecule has 1 aromatic rings. The molecule has 1 amide bonds. The van der Waals surface area contributed by atoms with E-state index in [1.165, 1.54) is 31.2 Å². The van der Waals surface area contributed by atoms with Crippen LogP contribution in [-0.4, -0.2) is 5.91 Å². The SMILES string of the molecule is CC1CCC(C2C(=O)Nc3c(Br)cccc32)CC1. The zero-order chi connectivity index (χ0) is 12.7. The second-order valence-electron chi connectivity index (χ2n) is 5.69. The Bertz CT molecular complexity index is 477. The summed E-state index contributed by atoms with van der Waals surface area (Å²) in [7, 11) is 0. The normalized spacial score (nSPS) is 31.0. The fourth-order valence-corrected chi connectivity index (χ4v) is 3.84. The van der Waals surface area contributed by atoms with E-state index in [9.17, 15) is 4.79 Å². The summed E-state index contributed by atoms with van der Waals surface area (Å²) in [6, 6.07) is 6.12. The van der Waals surface area contributed by atoms with Crippen LogP contribution >= 0.6 is 15.9 Å². The van der Waals surface area contributed by atoms with Crippen molar-refractivity contribution in [2.24, 2.45) is 11.8 Å². The van der Waals surface area contributed by atoms with Crippen LogP contribution in [0.5, 0.6) is 0 Å². The van der Waals surface area contributed by atoms with Crippen LogP contribution in [0.3, 0.4) is 0 Å². The molecule has 1 atom stereocenters. The first kappa shape index (κ1) is 12.2. The van der Waals surface area contributed by atoms with Crippen LogP contribution in [0.25, 0.3) is 0 Å². The van der Waals surface area contributed by atoms with Gasteiger partial charge in [0.1, 0.15) is 0 Å². The number of benzene rings is 1. The molecular formula is C15H18BrNO. The van der Waals surface area contributed by atoms with E-state index >= 15 is 0 Å². The number of nitrogens with one attached hydrogen (secondary N) is 1. The third-order valence-corrected chi connectivity index (χ3v) is 5.10. The fourth-order valence-electron chi connectivity index (χ4n) is 3.36. The number of rotatable bonds is 1. The van der Waals surface area contributed by atoms with Crippen LogP contribution in [0, 0.1) is 11.8 Å². The number of para-hydroxylation sites is 1. The van der Waals surface area contributed by atoms with Crippen molar-refractivity contribution in [2.75, 3.05) is 5.32 Å². The van der Waals surface area contributed by atoms with Gasteiger partial charge in [-0.1, -0.05) is 31.9 Å². The van der Waals surface area contributed by atoms with E-state index < -0.39 is 0 Å². The van der Waals surface area contributed by atoms with Crippen molar-refractivity contribution in [3.8, 4) is 0 Å². The molecule has 0 saturated heterocycles. The molecule has 96 valence electrons. The summed E-state index contributed by atoms with van der Waals surface area (Å²) >= 11 is 3.52. The average molecular weight is 308 g/mol. The van der Waals surface area contributed by atoms with Crippen molar-refractivity contribution in [3.63, 3.8) is 0 Å². The largest absolute Gasteiger partial charge is 0.324 e. The zero-order valence-electron chi connectivity index (χ0n) is 10.6. The summed E-state index contributed by atoms with van der Waals surface area (Å²) in [6.07, 6.45) is 4.89. The number of hydrogen-bond acceptors (Lipinski definition) is 1. The highest BCUT2D eigenvalue weighted by atomic mass is 79.9. The number of fused-ring (bicyclic) bond motifs is 1. The molecule has 1 heterocycles. The number of amides is 1. The Labute approximate surface area is 116 Å². The Balaban J connectivity index is 1.90. The van der Waals surface area contributed by atoms with Gasteiger partial charge in [0.25, 0.3) is 0 Å². The van der Waals surface area contributed by atoms with Gasteiger partial charge < -0.3 is 5.32 Å². The zero-order valence-corrected chi connectivity index (χ0v) is 12.2. The summed E-state index contributed by atoms with van der Waals surface area (Å²) < 4.78 is 1.00. The van der Waals surface area contributed by atoms with E-state index in [2.05, 4.69) is 34.2 Å². The first-order chi connectivity index (χ1) is 8.66. The molecule has 0 bridgehead atoms. The molecule has 0 aromatic heterocycles. The highest BCUT2D eigenvalue weighted by molar-refractivity contribution is 9.10. The van der Waals surface area contributed by atoms with Crippen LogP contribution in [0.2, 0.25) is 0 Å².